The molecule has 0 aliphatic heterocycles. The van der Waals surface area contributed by atoms with Crippen LogP contribution < -0.4 is 14.8 Å². The van der Waals surface area contributed by atoms with Gasteiger partial charge in [0.2, 0.25) is 10.0 Å². The van der Waals surface area contributed by atoms with Gasteiger partial charge in [-0.1, -0.05) is 25.5 Å². The van der Waals surface area contributed by atoms with E-state index in [1.807, 2.05) is 31.2 Å². The summed E-state index contributed by atoms with van der Waals surface area (Å²) in [5.74, 6) is -0.438. The Bertz CT molecular complexity index is 895. The first kappa shape index (κ1) is 21.7. The first-order valence-electron chi connectivity index (χ1n) is 9.11. The highest BCUT2D eigenvalue weighted by atomic mass is 32.2. The zero-order chi connectivity index (χ0) is 20.6. The number of hydrogen-bond acceptors (Lipinski definition) is 5. The summed E-state index contributed by atoms with van der Waals surface area (Å²) in [6, 6.07) is 11.5. The van der Waals surface area contributed by atoms with Crippen LogP contribution in [0.2, 0.25) is 0 Å². The molecule has 0 saturated heterocycles. The van der Waals surface area contributed by atoms with E-state index in [1.165, 1.54) is 18.2 Å². The van der Waals surface area contributed by atoms with Gasteiger partial charge in [0.05, 0.1) is 18.4 Å². The molecule has 0 atom stereocenters. The highest BCUT2D eigenvalue weighted by Gasteiger charge is 2.20. The van der Waals surface area contributed by atoms with Crippen LogP contribution in [-0.4, -0.2) is 39.7 Å². The fraction of sp³-hybridized carbons (Fsp3) is 0.350. The molecule has 0 unspecified atom stereocenters. The number of unbranched alkanes of at least 4 members (excludes halogenated alkanes) is 1. The lowest BCUT2D eigenvalue weighted by Crippen LogP contribution is -2.27. The van der Waals surface area contributed by atoms with Gasteiger partial charge in [-0.3, -0.25) is 0 Å². The number of rotatable bonds is 11. The number of aromatic carboxylic acids is 1. The van der Waals surface area contributed by atoms with E-state index in [0.29, 0.717) is 18.7 Å². The number of methoxy groups -OCH3 is 1. The summed E-state index contributed by atoms with van der Waals surface area (Å²) >= 11 is 0. The lowest BCUT2D eigenvalue weighted by molar-refractivity contribution is 0.0696. The highest BCUT2D eigenvalue weighted by Crippen LogP contribution is 2.23. The molecule has 3 N–H and O–H groups in total. The molecule has 0 spiro atoms. The molecule has 7 nitrogen and oxygen atoms in total. The number of nitrogens with one attached hydrogen (secondary N) is 2. The molecule has 0 amide bonds. The van der Waals surface area contributed by atoms with Crippen molar-refractivity contribution >= 4 is 21.7 Å². The molecule has 8 heteroatoms. The van der Waals surface area contributed by atoms with Crippen molar-refractivity contribution in [2.75, 3.05) is 25.5 Å². The lowest BCUT2D eigenvalue weighted by Gasteiger charge is -2.14. The third-order valence-electron chi connectivity index (χ3n) is 4.23. The van der Waals surface area contributed by atoms with Gasteiger partial charge in [-0.2, -0.15) is 0 Å². The maximum absolute atomic E-state index is 12.8. The third kappa shape index (κ3) is 5.97. The highest BCUT2D eigenvalue weighted by molar-refractivity contribution is 7.89. The second-order valence-corrected chi connectivity index (χ2v) is 8.03. The van der Waals surface area contributed by atoms with Crippen molar-refractivity contribution in [3.63, 3.8) is 0 Å². The van der Waals surface area contributed by atoms with Gasteiger partial charge in [-0.15, -0.1) is 0 Å². The summed E-state index contributed by atoms with van der Waals surface area (Å²) in [6.45, 7) is 2.84. The summed E-state index contributed by atoms with van der Waals surface area (Å²) in [7, 11) is -2.28. The first-order chi connectivity index (χ1) is 13.4. The third-order valence-corrected chi connectivity index (χ3v) is 5.73. The Kier molecular flexibility index (Phi) is 7.83. The second-order valence-electron chi connectivity index (χ2n) is 6.29. The molecule has 0 bridgehead atoms. The first-order valence-corrected chi connectivity index (χ1v) is 10.6. The average Bonchev–Trinajstić information content (AvgIpc) is 2.68. The Morgan fingerprint density at radius 2 is 1.82 bits per heavy atom. The summed E-state index contributed by atoms with van der Waals surface area (Å²) in [4.78, 5) is 11.2. The van der Waals surface area contributed by atoms with E-state index in [4.69, 9.17) is 4.74 Å². The Hall–Kier alpha value is -2.58. The normalized spacial score (nSPS) is 11.2. The number of carbonyl (C=O) groups is 1. The van der Waals surface area contributed by atoms with E-state index < -0.39 is 16.0 Å². The van der Waals surface area contributed by atoms with Crippen LogP contribution in [0, 0.1) is 0 Å². The number of anilines is 1. The van der Waals surface area contributed by atoms with Crippen LogP contribution >= 0.6 is 0 Å². The largest absolute Gasteiger partial charge is 0.497 e. The van der Waals surface area contributed by atoms with Crippen LogP contribution in [0.3, 0.4) is 0 Å². The Morgan fingerprint density at radius 3 is 2.43 bits per heavy atom. The van der Waals surface area contributed by atoms with Gasteiger partial charge in [0.15, 0.2) is 0 Å². The molecule has 0 heterocycles. The van der Waals surface area contributed by atoms with Crippen LogP contribution in [0.5, 0.6) is 5.75 Å². The van der Waals surface area contributed by atoms with Crippen molar-refractivity contribution in [3.05, 3.63) is 53.6 Å². The Balaban J connectivity index is 2.14. The molecule has 0 radical (unpaired) electrons. The van der Waals surface area contributed by atoms with E-state index in [9.17, 15) is 18.3 Å². The smallest absolute Gasteiger partial charge is 0.335 e. The molecule has 2 rings (SSSR count). The fourth-order valence-corrected chi connectivity index (χ4v) is 3.86. The lowest BCUT2D eigenvalue weighted by atomic mass is 10.1. The summed E-state index contributed by atoms with van der Waals surface area (Å²) in [5.41, 5.74) is 1.29. The van der Waals surface area contributed by atoms with Gasteiger partial charge in [-0.25, -0.2) is 17.9 Å². The quantitative estimate of drug-likeness (QED) is 0.495. The monoisotopic (exact) mass is 406 g/mol. The number of benzene rings is 2. The topological polar surface area (TPSA) is 105 Å². The minimum Gasteiger partial charge on any atom is -0.497 e. The Labute approximate surface area is 165 Å². The molecular weight excluding hydrogens is 380 g/mol. The molecule has 0 aliphatic rings. The minimum atomic E-state index is -3.87. The van der Waals surface area contributed by atoms with E-state index in [0.717, 1.165) is 24.2 Å². The molecule has 2 aromatic rings. The van der Waals surface area contributed by atoms with Crippen molar-refractivity contribution < 1.29 is 23.1 Å². The predicted octanol–water partition coefficient (Wildman–Crippen LogP) is 3.13. The van der Waals surface area contributed by atoms with E-state index in [-0.39, 0.29) is 17.0 Å². The van der Waals surface area contributed by atoms with Crippen molar-refractivity contribution in [2.24, 2.45) is 0 Å². The summed E-state index contributed by atoms with van der Waals surface area (Å²) in [5, 5.41) is 12.3. The van der Waals surface area contributed by atoms with Crippen LogP contribution in [0.1, 0.15) is 35.7 Å². The average molecular weight is 407 g/mol. The standard InChI is InChI=1S/C20H26N2O5S/c1-3-4-12-21-18-10-7-16(20(23)24)14-19(18)28(25,26)22-13-11-15-5-8-17(27-2)9-6-15/h5-10,14,21-22H,3-4,11-13H2,1-2H3,(H,23,24). The zero-order valence-electron chi connectivity index (χ0n) is 16.1. The number of sulfonamides is 1. The predicted molar refractivity (Wildman–Crippen MR) is 109 cm³/mol. The molecule has 0 aromatic heterocycles. The van der Waals surface area contributed by atoms with Gasteiger partial charge < -0.3 is 15.2 Å². The van der Waals surface area contributed by atoms with Gasteiger partial charge in [0.25, 0.3) is 0 Å². The van der Waals surface area contributed by atoms with Crippen molar-refractivity contribution in [1.82, 2.24) is 4.72 Å². The van der Waals surface area contributed by atoms with Crippen LogP contribution in [0.4, 0.5) is 5.69 Å². The van der Waals surface area contributed by atoms with E-state index >= 15 is 0 Å². The molecular formula is C20H26N2O5S. The molecule has 0 aliphatic carbocycles. The fourth-order valence-electron chi connectivity index (χ4n) is 2.62. The molecule has 152 valence electrons. The minimum absolute atomic E-state index is 0.0572. The second kappa shape index (κ2) is 10.1. The van der Waals surface area contributed by atoms with Crippen molar-refractivity contribution in [3.8, 4) is 5.75 Å². The number of ether oxygens (including phenoxy) is 1. The van der Waals surface area contributed by atoms with Gasteiger partial charge in [0, 0.05) is 13.1 Å². The van der Waals surface area contributed by atoms with Crippen LogP contribution in [0.25, 0.3) is 0 Å². The van der Waals surface area contributed by atoms with Gasteiger partial charge in [0.1, 0.15) is 10.6 Å². The van der Waals surface area contributed by atoms with E-state index in [1.54, 1.807) is 7.11 Å². The summed E-state index contributed by atoms with van der Waals surface area (Å²) in [6.07, 6.45) is 2.34. The van der Waals surface area contributed by atoms with Crippen molar-refractivity contribution in [1.29, 1.82) is 0 Å². The number of carboxylic acid groups (broad SMARTS) is 1. The number of hydrogen-bond donors (Lipinski definition) is 3. The van der Waals surface area contributed by atoms with Gasteiger partial charge in [-0.05, 0) is 48.7 Å². The van der Waals surface area contributed by atoms with Crippen LogP contribution in [-0.2, 0) is 16.4 Å². The maximum atomic E-state index is 12.8. The van der Waals surface area contributed by atoms with Crippen molar-refractivity contribution in [2.45, 2.75) is 31.1 Å². The molecule has 2 aromatic carbocycles. The molecule has 0 fully saturated rings. The summed E-state index contributed by atoms with van der Waals surface area (Å²) < 4.78 is 33.2. The molecule has 0 saturated carbocycles. The van der Waals surface area contributed by atoms with Gasteiger partial charge >= 0.3 is 5.97 Å². The zero-order valence-corrected chi connectivity index (χ0v) is 16.9. The maximum Gasteiger partial charge on any atom is 0.335 e. The molecule has 28 heavy (non-hydrogen) atoms. The number of carboxylic acids is 1. The Morgan fingerprint density at radius 1 is 1.11 bits per heavy atom. The van der Waals surface area contributed by atoms with E-state index in [2.05, 4.69) is 10.0 Å². The van der Waals surface area contributed by atoms with Crippen LogP contribution in [0.15, 0.2) is 47.4 Å². The SMILES string of the molecule is CCCCNc1ccc(C(=O)O)cc1S(=O)(=O)NCCc1ccc(OC)cc1.